The molecule has 2 aromatic rings. The van der Waals surface area contributed by atoms with Gasteiger partial charge in [-0.15, -0.1) is 5.10 Å². The first-order chi connectivity index (χ1) is 12.3. The summed E-state index contributed by atoms with van der Waals surface area (Å²) in [6, 6.07) is 2.74. The second kappa shape index (κ2) is 6.07. The number of hydrogen-bond acceptors (Lipinski definition) is 7. The molecule has 2 aromatic heterocycles. The van der Waals surface area contributed by atoms with Crippen molar-refractivity contribution in [2.45, 2.75) is 44.9 Å². The predicted molar refractivity (Wildman–Crippen MR) is 91.4 cm³/mol. The minimum atomic E-state index is 0.506. The average Bonchev–Trinajstić information content (AvgIpc) is 3.20. The summed E-state index contributed by atoms with van der Waals surface area (Å²) in [4.78, 5) is 4.66. The van der Waals surface area contributed by atoms with Crippen LogP contribution in [0.15, 0.2) is 10.6 Å². The van der Waals surface area contributed by atoms with Gasteiger partial charge in [0.05, 0.1) is 18.9 Å². The Hall–Kier alpha value is -1.99. The molecule has 0 saturated carbocycles. The van der Waals surface area contributed by atoms with Crippen LogP contribution in [0.4, 0.5) is 5.82 Å². The lowest BCUT2D eigenvalue weighted by Crippen LogP contribution is -2.58. The van der Waals surface area contributed by atoms with Gasteiger partial charge in [-0.1, -0.05) is 5.16 Å². The van der Waals surface area contributed by atoms with E-state index in [1.165, 1.54) is 17.7 Å². The molecule has 5 rings (SSSR count). The van der Waals surface area contributed by atoms with Crippen molar-refractivity contribution in [3.8, 4) is 0 Å². The second-order valence-corrected chi connectivity index (χ2v) is 7.34. The van der Waals surface area contributed by atoms with E-state index in [4.69, 9.17) is 9.26 Å². The Kier molecular flexibility index (Phi) is 3.71. The first-order valence-electron chi connectivity index (χ1n) is 9.12. The summed E-state index contributed by atoms with van der Waals surface area (Å²) >= 11 is 0. The normalized spacial score (nSPS) is 19.8. The Bertz CT molecular complexity index is 784. The zero-order valence-corrected chi connectivity index (χ0v) is 14.6. The molecule has 1 fully saturated rings. The molecular weight excluding hydrogens is 318 g/mol. The lowest BCUT2D eigenvalue weighted by Gasteiger charge is -2.44. The van der Waals surface area contributed by atoms with Crippen molar-refractivity contribution < 1.29 is 9.26 Å². The molecule has 0 bridgehead atoms. The minimum absolute atomic E-state index is 0.506. The maximum atomic E-state index is 5.55. The Morgan fingerprint density at radius 1 is 1.24 bits per heavy atom. The molecule has 132 valence electrons. The van der Waals surface area contributed by atoms with Gasteiger partial charge in [0.25, 0.3) is 0 Å². The molecule has 0 unspecified atom stereocenters. The molecule has 1 saturated heterocycles. The van der Waals surface area contributed by atoms with Gasteiger partial charge in [0.1, 0.15) is 11.5 Å². The molecule has 1 aliphatic carbocycles. The lowest BCUT2D eigenvalue weighted by molar-refractivity contribution is 0.102. The van der Waals surface area contributed by atoms with Crippen molar-refractivity contribution in [2.75, 3.05) is 31.6 Å². The van der Waals surface area contributed by atoms with E-state index in [0.29, 0.717) is 12.6 Å². The minimum Gasteiger partial charge on any atom is -0.376 e. The number of nitrogens with zero attached hydrogens (tertiary/aromatic N) is 5. The third-order valence-corrected chi connectivity index (χ3v) is 5.69. The first kappa shape index (κ1) is 15.3. The third kappa shape index (κ3) is 2.71. The highest BCUT2D eigenvalue weighted by Gasteiger charge is 2.33. The molecule has 7 nitrogen and oxygen atoms in total. The van der Waals surface area contributed by atoms with Gasteiger partial charge >= 0.3 is 0 Å². The molecule has 25 heavy (non-hydrogen) atoms. The fourth-order valence-electron chi connectivity index (χ4n) is 3.96. The van der Waals surface area contributed by atoms with Crippen LogP contribution >= 0.6 is 0 Å². The highest BCUT2D eigenvalue weighted by molar-refractivity contribution is 5.45. The van der Waals surface area contributed by atoms with Gasteiger partial charge in [-0.05, 0) is 37.9 Å². The fraction of sp³-hybridized carbons (Fsp3) is 0.611. The van der Waals surface area contributed by atoms with Crippen LogP contribution in [0.25, 0.3) is 0 Å². The molecule has 0 atom stereocenters. The van der Waals surface area contributed by atoms with Crippen molar-refractivity contribution in [3.05, 3.63) is 34.3 Å². The number of anilines is 1. The zero-order chi connectivity index (χ0) is 16.8. The van der Waals surface area contributed by atoms with E-state index in [9.17, 15) is 0 Å². The molecule has 0 amide bonds. The van der Waals surface area contributed by atoms with Crippen molar-refractivity contribution in [2.24, 2.45) is 0 Å². The van der Waals surface area contributed by atoms with Crippen molar-refractivity contribution >= 4 is 5.82 Å². The molecular formula is C18H23N5O2. The van der Waals surface area contributed by atoms with Gasteiger partial charge in [-0.3, -0.25) is 4.90 Å². The number of likely N-dealkylation sites (N-methyl/N-ethyl adjacent to an activating group) is 1. The van der Waals surface area contributed by atoms with Crippen LogP contribution in [-0.2, 0) is 37.2 Å². The SMILES string of the molecule is CN(Cc1noc2c1COCC2)C1CN(c2cc3c(nn2)CCC3)C1. The topological polar surface area (TPSA) is 67.5 Å². The number of ether oxygens (including phenoxy) is 1. The Labute approximate surface area is 146 Å². The first-order valence-corrected chi connectivity index (χ1v) is 9.12. The quantitative estimate of drug-likeness (QED) is 0.831. The predicted octanol–water partition coefficient (Wildman–Crippen LogP) is 1.35. The summed E-state index contributed by atoms with van der Waals surface area (Å²) in [5.41, 5.74) is 4.75. The number of aryl methyl sites for hydroxylation is 2. The van der Waals surface area contributed by atoms with Crippen molar-refractivity contribution in [1.29, 1.82) is 0 Å². The van der Waals surface area contributed by atoms with E-state index in [-0.39, 0.29) is 0 Å². The van der Waals surface area contributed by atoms with E-state index in [1.54, 1.807) is 0 Å². The summed E-state index contributed by atoms with van der Waals surface area (Å²) in [5, 5.41) is 13.1. The summed E-state index contributed by atoms with van der Waals surface area (Å²) in [5.74, 6) is 2.02. The van der Waals surface area contributed by atoms with E-state index in [2.05, 4.69) is 38.3 Å². The van der Waals surface area contributed by atoms with Crippen LogP contribution in [0.3, 0.4) is 0 Å². The molecule has 0 spiro atoms. The van der Waals surface area contributed by atoms with Gasteiger partial charge in [0, 0.05) is 37.7 Å². The second-order valence-electron chi connectivity index (χ2n) is 7.34. The van der Waals surface area contributed by atoms with Gasteiger partial charge in [-0.2, -0.15) is 5.10 Å². The van der Waals surface area contributed by atoms with Gasteiger partial charge < -0.3 is 14.2 Å². The molecule has 0 aromatic carbocycles. The zero-order valence-electron chi connectivity index (χ0n) is 14.6. The number of rotatable bonds is 4. The van der Waals surface area contributed by atoms with E-state index >= 15 is 0 Å². The molecule has 7 heteroatoms. The van der Waals surface area contributed by atoms with Crippen LogP contribution in [0.5, 0.6) is 0 Å². The van der Waals surface area contributed by atoms with E-state index < -0.39 is 0 Å². The van der Waals surface area contributed by atoms with Crippen LogP contribution in [-0.4, -0.2) is 53.0 Å². The molecule has 0 radical (unpaired) electrons. The van der Waals surface area contributed by atoms with Crippen molar-refractivity contribution in [3.63, 3.8) is 0 Å². The van der Waals surface area contributed by atoms with Crippen LogP contribution in [0, 0.1) is 0 Å². The summed E-state index contributed by atoms with van der Waals surface area (Å²) < 4.78 is 11.0. The summed E-state index contributed by atoms with van der Waals surface area (Å²) in [6.45, 7) is 4.14. The van der Waals surface area contributed by atoms with Gasteiger partial charge in [0.2, 0.25) is 0 Å². The Morgan fingerprint density at radius 2 is 2.16 bits per heavy atom. The van der Waals surface area contributed by atoms with Crippen LogP contribution in [0.1, 0.15) is 34.7 Å². The van der Waals surface area contributed by atoms with Crippen LogP contribution < -0.4 is 4.90 Å². The average molecular weight is 341 g/mol. The molecule has 3 aliphatic rings. The fourth-order valence-corrected chi connectivity index (χ4v) is 3.96. The van der Waals surface area contributed by atoms with Crippen LogP contribution in [0.2, 0.25) is 0 Å². The largest absolute Gasteiger partial charge is 0.376 e. The number of aromatic nitrogens is 3. The maximum Gasteiger partial charge on any atom is 0.151 e. The van der Waals surface area contributed by atoms with E-state index in [0.717, 1.165) is 68.3 Å². The van der Waals surface area contributed by atoms with E-state index in [1.807, 2.05) is 0 Å². The monoisotopic (exact) mass is 341 g/mol. The highest BCUT2D eigenvalue weighted by Crippen LogP contribution is 2.27. The Morgan fingerprint density at radius 3 is 3.08 bits per heavy atom. The molecule has 4 heterocycles. The number of hydrogen-bond donors (Lipinski definition) is 0. The highest BCUT2D eigenvalue weighted by atomic mass is 16.5. The summed E-state index contributed by atoms with van der Waals surface area (Å²) in [6.07, 6.45) is 4.28. The maximum absolute atomic E-state index is 5.55. The molecule has 2 aliphatic heterocycles. The third-order valence-electron chi connectivity index (χ3n) is 5.69. The molecule has 0 N–H and O–H groups in total. The number of fused-ring (bicyclic) bond motifs is 2. The van der Waals surface area contributed by atoms with Gasteiger partial charge in [0.15, 0.2) is 5.82 Å². The van der Waals surface area contributed by atoms with Gasteiger partial charge in [-0.25, -0.2) is 0 Å². The lowest BCUT2D eigenvalue weighted by atomic mass is 10.1. The van der Waals surface area contributed by atoms with Crippen molar-refractivity contribution in [1.82, 2.24) is 20.3 Å². The summed E-state index contributed by atoms with van der Waals surface area (Å²) in [7, 11) is 2.15. The standard InChI is InChI=1S/C18H23N5O2/c1-22(10-16-14-11-24-6-5-17(14)25-21-16)13-8-23(9-13)18-7-12-3-2-4-15(12)19-20-18/h7,13H,2-6,8-11H2,1H3. The smallest absolute Gasteiger partial charge is 0.151 e. The Balaban J connectivity index is 1.21.